The third-order valence-electron chi connectivity index (χ3n) is 4.03. The Balaban J connectivity index is 1.71. The Kier molecular flexibility index (Phi) is 3.57. The summed E-state index contributed by atoms with van der Waals surface area (Å²) in [6, 6.07) is 9.75. The van der Waals surface area contributed by atoms with Gasteiger partial charge >= 0.3 is 0 Å². The molecular formula is C17H17N5OS. The summed E-state index contributed by atoms with van der Waals surface area (Å²) in [5, 5.41) is 4.81. The van der Waals surface area contributed by atoms with Gasteiger partial charge in [0, 0.05) is 31.9 Å². The molecule has 6 nitrogen and oxygen atoms in total. The molecule has 0 spiro atoms. The van der Waals surface area contributed by atoms with Crippen LogP contribution in [0, 0.1) is 0 Å². The van der Waals surface area contributed by atoms with E-state index in [1.54, 1.807) is 6.07 Å². The van der Waals surface area contributed by atoms with Crippen LogP contribution >= 0.6 is 11.3 Å². The molecule has 3 heterocycles. The second kappa shape index (κ2) is 5.76. The van der Waals surface area contributed by atoms with Gasteiger partial charge in [0.2, 0.25) is 5.96 Å². The van der Waals surface area contributed by atoms with Gasteiger partial charge in [-0.25, -0.2) is 4.99 Å². The van der Waals surface area contributed by atoms with Crippen molar-refractivity contribution < 1.29 is 4.79 Å². The Labute approximate surface area is 144 Å². The Morgan fingerprint density at radius 1 is 1.33 bits per heavy atom. The predicted octanol–water partition coefficient (Wildman–Crippen LogP) is 2.31. The first-order valence-electron chi connectivity index (χ1n) is 7.71. The monoisotopic (exact) mass is 339 g/mol. The van der Waals surface area contributed by atoms with Crippen LogP contribution in [0.15, 0.2) is 45.7 Å². The minimum Gasteiger partial charge on any atom is -0.378 e. The van der Waals surface area contributed by atoms with Crippen LogP contribution in [0.2, 0.25) is 0 Å². The van der Waals surface area contributed by atoms with Gasteiger partial charge < -0.3 is 4.90 Å². The summed E-state index contributed by atoms with van der Waals surface area (Å²) in [6.07, 6.45) is 0. The number of nitrogens with zero attached hydrogens (tertiary/aromatic N) is 4. The van der Waals surface area contributed by atoms with E-state index >= 15 is 0 Å². The van der Waals surface area contributed by atoms with Crippen LogP contribution in [0.1, 0.15) is 15.2 Å². The van der Waals surface area contributed by atoms with Gasteiger partial charge in [-0.1, -0.05) is 6.07 Å². The van der Waals surface area contributed by atoms with Crippen LogP contribution in [0.5, 0.6) is 0 Å². The molecule has 1 aromatic carbocycles. The van der Waals surface area contributed by atoms with Crippen LogP contribution < -0.4 is 10.2 Å². The average Bonchev–Trinajstić information content (AvgIpc) is 3.26. The maximum absolute atomic E-state index is 12.4. The van der Waals surface area contributed by atoms with Gasteiger partial charge in [-0.3, -0.25) is 20.0 Å². The van der Waals surface area contributed by atoms with Gasteiger partial charge in [0.1, 0.15) is 5.84 Å². The molecule has 1 N–H and O–H groups in total. The summed E-state index contributed by atoms with van der Waals surface area (Å²) >= 11 is 1.41. The van der Waals surface area contributed by atoms with Gasteiger partial charge in [0.15, 0.2) is 0 Å². The molecule has 2 aliphatic rings. The Morgan fingerprint density at radius 3 is 2.96 bits per heavy atom. The van der Waals surface area contributed by atoms with Gasteiger partial charge in [-0.15, -0.1) is 11.3 Å². The van der Waals surface area contributed by atoms with E-state index in [1.807, 2.05) is 42.6 Å². The SMILES string of the molecule is CN(C)c1ccc2c(c1)C1=NCCN1C(NC(=O)c1cccs1)=N2. The standard InChI is InChI=1S/C17H17N5OS/c1-21(2)11-5-6-13-12(10-11)15-18-7-8-22(15)17(19-13)20-16(23)14-4-3-9-24-14/h3-6,9-10H,7-8H2,1-2H3,(H,19,20,23). The number of anilines is 1. The molecular weight excluding hydrogens is 322 g/mol. The van der Waals surface area contributed by atoms with E-state index in [0.29, 0.717) is 17.4 Å². The van der Waals surface area contributed by atoms with Crippen molar-refractivity contribution in [2.75, 3.05) is 32.1 Å². The first-order valence-corrected chi connectivity index (χ1v) is 8.59. The molecule has 2 aliphatic heterocycles. The fourth-order valence-electron chi connectivity index (χ4n) is 2.80. The Hall–Kier alpha value is -2.67. The molecule has 122 valence electrons. The predicted molar refractivity (Wildman–Crippen MR) is 97.8 cm³/mol. The molecule has 1 aromatic heterocycles. The number of amides is 1. The lowest BCUT2D eigenvalue weighted by molar-refractivity contribution is 0.0978. The number of thiophene rings is 1. The zero-order valence-corrected chi connectivity index (χ0v) is 14.3. The minimum atomic E-state index is -0.136. The van der Waals surface area contributed by atoms with Crippen molar-refractivity contribution in [1.82, 2.24) is 10.2 Å². The number of carbonyl (C=O) groups excluding carboxylic acids is 1. The van der Waals surface area contributed by atoms with E-state index < -0.39 is 0 Å². The first-order chi connectivity index (χ1) is 11.6. The van der Waals surface area contributed by atoms with Gasteiger partial charge in [-0.05, 0) is 29.6 Å². The summed E-state index contributed by atoms with van der Waals surface area (Å²) in [4.78, 5) is 26.3. The maximum atomic E-state index is 12.4. The smallest absolute Gasteiger partial charge is 0.268 e. The van der Waals surface area contributed by atoms with Gasteiger partial charge in [0.05, 0.1) is 17.1 Å². The largest absolute Gasteiger partial charge is 0.378 e. The molecule has 0 unspecified atom stereocenters. The fourth-order valence-corrected chi connectivity index (χ4v) is 3.42. The number of guanidine groups is 1. The lowest BCUT2D eigenvalue weighted by atomic mass is 10.1. The third-order valence-corrected chi connectivity index (χ3v) is 4.90. The van der Waals surface area contributed by atoms with E-state index in [0.717, 1.165) is 29.3 Å². The highest BCUT2D eigenvalue weighted by Gasteiger charge is 2.31. The van der Waals surface area contributed by atoms with Crippen molar-refractivity contribution in [1.29, 1.82) is 0 Å². The van der Waals surface area contributed by atoms with Crippen molar-refractivity contribution in [3.05, 3.63) is 46.2 Å². The fraction of sp³-hybridized carbons (Fsp3) is 0.235. The second-order valence-corrected chi connectivity index (χ2v) is 6.77. The van der Waals surface area contributed by atoms with E-state index in [-0.39, 0.29) is 5.91 Å². The zero-order valence-electron chi connectivity index (χ0n) is 13.5. The zero-order chi connectivity index (χ0) is 16.7. The molecule has 0 radical (unpaired) electrons. The normalized spacial score (nSPS) is 15.3. The molecule has 1 amide bonds. The van der Waals surface area contributed by atoms with Gasteiger partial charge in [-0.2, -0.15) is 0 Å². The highest BCUT2D eigenvalue weighted by Crippen LogP contribution is 2.31. The van der Waals surface area contributed by atoms with Crippen LogP contribution in [0.25, 0.3) is 0 Å². The number of hydrogen-bond donors (Lipinski definition) is 1. The van der Waals surface area contributed by atoms with Crippen molar-refractivity contribution in [3.8, 4) is 0 Å². The molecule has 24 heavy (non-hydrogen) atoms. The van der Waals surface area contributed by atoms with Crippen molar-refractivity contribution in [3.63, 3.8) is 0 Å². The highest BCUT2D eigenvalue weighted by molar-refractivity contribution is 7.12. The van der Waals surface area contributed by atoms with E-state index in [2.05, 4.69) is 26.3 Å². The molecule has 2 aromatic rings. The summed E-state index contributed by atoms with van der Waals surface area (Å²) in [5.74, 6) is 1.29. The molecule has 4 rings (SSSR count). The summed E-state index contributed by atoms with van der Waals surface area (Å²) in [7, 11) is 4.02. The molecule has 7 heteroatoms. The Bertz CT molecular complexity index is 854. The topological polar surface area (TPSA) is 60.3 Å². The van der Waals surface area contributed by atoms with Crippen molar-refractivity contribution in [2.45, 2.75) is 0 Å². The number of carbonyl (C=O) groups is 1. The van der Waals surface area contributed by atoms with E-state index in [9.17, 15) is 4.79 Å². The number of fused-ring (bicyclic) bond motifs is 3. The van der Waals surface area contributed by atoms with Crippen molar-refractivity contribution >= 4 is 40.4 Å². The van der Waals surface area contributed by atoms with Crippen LogP contribution in [0.4, 0.5) is 11.4 Å². The van der Waals surface area contributed by atoms with Gasteiger partial charge in [0.25, 0.3) is 5.91 Å². The molecule has 0 atom stereocenters. The number of benzene rings is 1. The van der Waals surface area contributed by atoms with Crippen LogP contribution in [0.3, 0.4) is 0 Å². The molecule has 0 bridgehead atoms. The second-order valence-electron chi connectivity index (χ2n) is 5.82. The lowest BCUT2D eigenvalue weighted by Gasteiger charge is -2.28. The average molecular weight is 339 g/mol. The van der Waals surface area contributed by atoms with E-state index in [1.165, 1.54) is 11.3 Å². The number of aliphatic imine (C=N–C) groups is 2. The lowest BCUT2D eigenvalue weighted by Crippen LogP contribution is -2.47. The first kappa shape index (κ1) is 14.9. The number of amidine groups is 1. The number of rotatable bonds is 2. The Morgan fingerprint density at radius 2 is 2.21 bits per heavy atom. The van der Waals surface area contributed by atoms with Crippen LogP contribution in [-0.4, -0.2) is 49.8 Å². The molecule has 0 aliphatic carbocycles. The summed E-state index contributed by atoms with van der Waals surface area (Å²) in [5.41, 5.74) is 2.94. The van der Waals surface area contributed by atoms with Crippen molar-refractivity contribution in [2.24, 2.45) is 9.98 Å². The minimum absolute atomic E-state index is 0.136. The molecule has 0 fully saturated rings. The highest BCUT2D eigenvalue weighted by atomic mass is 32.1. The van der Waals surface area contributed by atoms with E-state index in [4.69, 9.17) is 0 Å². The quantitative estimate of drug-likeness (QED) is 0.913. The maximum Gasteiger partial charge on any atom is 0.268 e. The van der Waals surface area contributed by atoms with Crippen LogP contribution in [-0.2, 0) is 0 Å². The molecule has 0 saturated carbocycles. The summed E-state index contributed by atoms with van der Waals surface area (Å²) < 4.78 is 0. The third kappa shape index (κ3) is 2.46. The number of nitrogens with one attached hydrogen (secondary N) is 1. The number of hydrogen-bond acceptors (Lipinski definition) is 6. The summed E-state index contributed by atoms with van der Waals surface area (Å²) in [6.45, 7) is 1.43. The molecule has 0 saturated heterocycles.